The van der Waals surface area contributed by atoms with Gasteiger partial charge in [-0.05, 0) is 5.53 Å². The maximum Gasteiger partial charge on any atom is 0.302 e. The maximum absolute atomic E-state index is 10.6. The maximum atomic E-state index is 10.6. The molecule has 1 aliphatic heterocycles. The summed E-state index contributed by atoms with van der Waals surface area (Å²) in [6.07, 6.45) is -5.55. The summed E-state index contributed by atoms with van der Waals surface area (Å²) in [5, 5.41) is 31.7. The second-order valence-electron chi connectivity index (χ2n) is 3.54. The Balaban J connectivity index is 2.68. The van der Waals surface area contributed by atoms with Crippen molar-refractivity contribution in [2.24, 2.45) is 5.11 Å². The lowest BCUT2D eigenvalue weighted by molar-refractivity contribution is -0.250. The Morgan fingerprint density at radius 2 is 2.12 bits per heavy atom. The number of ether oxygens (including phenoxy) is 2. The second kappa shape index (κ2) is 5.80. The molecule has 1 rings (SSSR count). The van der Waals surface area contributed by atoms with Gasteiger partial charge in [-0.25, -0.2) is 0 Å². The summed E-state index contributed by atoms with van der Waals surface area (Å²) in [5.74, 6) is -0.582. The summed E-state index contributed by atoms with van der Waals surface area (Å²) in [7, 11) is 0. The van der Waals surface area contributed by atoms with Crippen LogP contribution in [0.15, 0.2) is 5.11 Å². The largest absolute Gasteiger partial charge is 0.463 e. The zero-order chi connectivity index (χ0) is 13.0. The molecule has 0 bridgehead atoms. The molecule has 0 aromatic heterocycles. The van der Waals surface area contributed by atoms with Crippen LogP contribution in [0.2, 0.25) is 0 Å². The van der Waals surface area contributed by atoms with Crippen LogP contribution >= 0.6 is 0 Å². The first-order chi connectivity index (χ1) is 7.97. The lowest BCUT2D eigenvalue weighted by Gasteiger charge is -2.38. The minimum absolute atomic E-state index is 0.312. The fraction of sp³-hybridized carbons (Fsp3) is 0.875. The molecule has 0 radical (unpaired) electrons. The van der Waals surface area contributed by atoms with E-state index < -0.39 is 36.6 Å². The molecule has 17 heavy (non-hydrogen) atoms. The minimum atomic E-state index is -1.56. The van der Waals surface area contributed by atoms with Gasteiger partial charge in [0.2, 0.25) is 0 Å². The molecule has 3 N–H and O–H groups in total. The Morgan fingerprint density at radius 1 is 1.47 bits per heavy atom. The molecule has 0 amide bonds. The van der Waals surface area contributed by atoms with Gasteiger partial charge in [0.25, 0.3) is 0 Å². The molecule has 9 nitrogen and oxygen atoms in total. The highest BCUT2D eigenvalue weighted by Gasteiger charge is 2.43. The molecule has 0 aromatic rings. The van der Waals surface area contributed by atoms with E-state index in [2.05, 4.69) is 14.8 Å². The molecule has 1 heterocycles. The zero-order valence-electron chi connectivity index (χ0n) is 9.00. The lowest BCUT2D eigenvalue weighted by atomic mass is 9.98. The van der Waals surface area contributed by atoms with Gasteiger partial charge in [-0.15, -0.1) is 0 Å². The number of hydrogen-bond donors (Lipinski definition) is 3. The highest BCUT2D eigenvalue weighted by Crippen LogP contribution is 2.22. The molecule has 0 saturated carbocycles. The van der Waals surface area contributed by atoms with Gasteiger partial charge < -0.3 is 24.8 Å². The molecule has 9 heteroatoms. The van der Waals surface area contributed by atoms with Crippen LogP contribution in [0.5, 0.6) is 0 Å². The predicted molar refractivity (Wildman–Crippen MR) is 52.5 cm³/mol. The van der Waals surface area contributed by atoms with E-state index >= 15 is 0 Å². The van der Waals surface area contributed by atoms with Crippen molar-refractivity contribution in [3.05, 3.63) is 10.4 Å². The standard InChI is InChI=1S/C8H13N3O6/c1-3(12)16-2-4-6(13)7(14)5(10-11-9)8(15)17-4/h4-8,13-15H,2H2,1H3/t4?,5?,6-,7-,8-/m1/s1. The van der Waals surface area contributed by atoms with Crippen LogP contribution in [0.1, 0.15) is 6.92 Å². The summed E-state index contributed by atoms with van der Waals surface area (Å²) in [6.45, 7) is 0.860. The molecule has 5 atom stereocenters. The van der Waals surface area contributed by atoms with Crippen LogP contribution in [-0.2, 0) is 14.3 Å². The van der Waals surface area contributed by atoms with Crippen molar-refractivity contribution in [1.82, 2.24) is 0 Å². The van der Waals surface area contributed by atoms with Crippen LogP contribution in [0.3, 0.4) is 0 Å². The average Bonchev–Trinajstić information content (AvgIpc) is 2.27. The third-order valence-corrected chi connectivity index (χ3v) is 2.32. The zero-order valence-corrected chi connectivity index (χ0v) is 9.00. The summed E-state index contributed by atoms with van der Waals surface area (Å²) < 4.78 is 9.48. The Labute approximate surface area is 96.2 Å². The van der Waals surface area contributed by atoms with Gasteiger partial charge in [0.1, 0.15) is 24.9 Å². The number of esters is 1. The number of carbonyl (C=O) groups is 1. The lowest BCUT2D eigenvalue weighted by Crippen LogP contribution is -2.57. The molecular weight excluding hydrogens is 234 g/mol. The van der Waals surface area contributed by atoms with Crippen molar-refractivity contribution in [1.29, 1.82) is 0 Å². The van der Waals surface area contributed by atoms with Gasteiger partial charge in [0.15, 0.2) is 6.29 Å². The monoisotopic (exact) mass is 247 g/mol. The van der Waals surface area contributed by atoms with Gasteiger partial charge in [-0.3, -0.25) is 4.79 Å². The molecule has 0 aromatic carbocycles. The van der Waals surface area contributed by atoms with E-state index in [1.807, 2.05) is 0 Å². The average molecular weight is 247 g/mol. The van der Waals surface area contributed by atoms with Gasteiger partial charge in [0.05, 0.1) is 6.10 Å². The minimum Gasteiger partial charge on any atom is -0.463 e. The van der Waals surface area contributed by atoms with E-state index in [1.54, 1.807) is 0 Å². The van der Waals surface area contributed by atoms with Crippen molar-refractivity contribution >= 4 is 5.97 Å². The fourth-order valence-corrected chi connectivity index (χ4v) is 1.45. The van der Waals surface area contributed by atoms with Crippen LogP contribution in [0, 0.1) is 0 Å². The van der Waals surface area contributed by atoms with E-state index in [0.717, 1.165) is 0 Å². The number of aliphatic hydroxyl groups excluding tert-OH is 3. The number of rotatable bonds is 3. The first kappa shape index (κ1) is 13.7. The number of carbonyl (C=O) groups excluding carboxylic acids is 1. The third kappa shape index (κ3) is 3.29. The molecule has 1 fully saturated rings. The molecule has 2 unspecified atom stereocenters. The number of azide groups is 1. The van der Waals surface area contributed by atoms with Crippen LogP contribution in [0.25, 0.3) is 10.4 Å². The topological polar surface area (TPSA) is 145 Å². The Hall–Kier alpha value is -1.38. The van der Waals surface area contributed by atoms with Crippen molar-refractivity contribution in [2.75, 3.05) is 6.61 Å². The first-order valence-corrected chi connectivity index (χ1v) is 4.84. The highest BCUT2D eigenvalue weighted by molar-refractivity contribution is 5.65. The first-order valence-electron chi connectivity index (χ1n) is 4.84. The smallest absolute Gasteiger partial charge is 0.302 e. The van der Waals surface area contributed by atoms with E-state index in [9.17, 15) is 20.1 Å². The molecule has 1 saturated heterocycles. The van der Waals surface area contributed by atoms with E-state index in [1.165, 1.54) is 6.92 Å². The van der Waals surface area contributed by atoms with Crippen molar-refractivity contribution in [2.45, 2.75) is 37.6 Å². The predicted octanol–water partition coefficient (Wildman–Crippen LogP) is -1.33. The molecule has 96 valence electrons. The van der Waals surface area contributed by atoms with Crippen LogP contribution in [0.4, 0.5) is 0 Å². The Kier molecular flexibility index (Phi) is 4.67. The Morgan fingerprint density at radius 3 is 2.65 bits per heavy atom. The SMILES string of the molecule is CC(=O)OCC1O[C@@H](O)C(N=[N+]=[N-])[C@@H](O)[C@@H]1O. The van der Waals surface area contributed by atoms with Gasteiger partial charge in [0, 0.05) is 11.8 Å². The second-order valence-corrected chi connectivity index (χ2v) is 3.54. The fourth-order valence-electron chi connectivity index (χ4n) is 1.45. The number of hydrogen-bond acceptors (Lipinski definition) is 7. The van der Waals surface area contributed by atoms with Gasteiger partial charge in [-0.1, -0.05) is 5.11 Å². The van der Waals surface area contributed by atoms with Crippen LogP contribution in [-0.4, -0.2) is 58.5 Å². The van der Waals surface area contributed by atoms with E-state index in [4.69, 9.17) is 10.3 Å². The molecular formula is C8H13N3O6. The number of aliphatic hydroxyl groups is 3. The summed E-state index contributed by atoms with van der Waals surface area (Å²) in [6, 6.07) is -1.30. The van der Waals surface area contributed by atoms with Gasteiger partial charge >= 0.3 is 5.97 Å². The highest BCUT2D eigenvalue weighted by atomic mass is 16.6. The van der Waals surface area contributed by atoms with Crippen molar-refractivity contribution < 1.29 is 29.6 Å². The third-order valence-electron chi connectivity index (χ3n) is 2.32. The summed E-state index contributed by atoms with van der Waals surface area (Å²) in [4.78, 5) is 13.0. The summed E-state index contributed by atoms with van der Waals surface area (Å²) >= 11 is 0. The van der Waals surface area contributed by atoms with E-state index in [0.29, 0.717) is 0 Å². The molecule has 1 aliphatic rings. The number of nitrogens with zero attached hydrogens (tertiary/aromatic N) is 3. The van der Waals surface area contributed by atoms with E-state index in [-0.39, 0.29) is 6.61 Å². The normalized spacial score (nSPS) is 37.1. The van der Waals surface area contributed by atoms with Crippen molar-refractivity contribution in [3.8, 4) is 0 Å². The quantitative estimate of drug-likeness (QED) is 0.244. The van der Waals surface area contributed by atoms with Gasteiger partial charge in [-0.2, -0.15) is 0 Å². The Bertz CT molecular complexity index is 331. The molecule has 0 spiro atoms. The summed E-state index contributed by atoms with van der Waals surface area (Å²) in [5.41, 5.74) is 8.21. The van der Waals surface area contributed by atoms with Crippen molar-refractivity contribution in [3.63, 3.8) is 0 Å². The van der Waals surface area contributed by atoms with Crippen LogP contribution < -0.4 is 0 Å². The molecule has 0 aliphatic carbocycles.